The van der Waals surface area contributed by atoms with Gasteiger partial charge in [0.2, 0.25) is 5.91 Å². The van der Waals surface area contributed by atoms with Crippen LogP contribution in [-0.4, -0.2) is 64.6 Å². The van der Waals surface area contributed by atoms with Gasteiger partial charge in [-0.05, 0) is 38.5 Å². The average Bonchev–Trinajstić information content (AvgIpc) is 3.25. The molecule has 140 valence electrons. The molecule has 1 aromatic rings. The zero-order chi connectivity index (χ0) is 17.6. The number of amides is 1. The molecule has 2 fully saturated rings. The summed E-state index contributed by atoms with van der Waals surface area (Å²) in [7, 11) is 0. The van der Waals surface area contributed by atoms with Gasteiger partial charge in [0.1, 0.15) is 12.4 Å². The highest BCUT2D eigenvalue weighted by atomic mass is 16.5. The molecule has 2 aliphatic rings. The fourth-order valence-electron chi connectivity index (χ4n) is 3.62. The number of rotatable bonds is 7. The third-order valence-corrected chi connectivity index (χ3v) is 5.15. The molecule has 8 heteroatoms. The van der Waals surface area contributed by atoms with Crippen LogP contribution in [0.3, 0.4) is 0 Å². The van der Waals surface area contributed by atoms with Crippen LogP contribution in [0, 0.1) is 5.92 Å². The summed E-state index contributed by atoms with van der Waals surface area (Å²) in [5.74, 6) is 1.33. The number of ether oxygens (including phenoxy) is 2. The van der Waals surface area contributed by atoms with E-state index >= 15 is 0 Å². The second kappa shape index (κ2) is 8.62. The van der Waals surface area contributed by atoms with Gasteiger partial charge >= 0.3 is 5.69 Å². The molecular formula is C17H28N4O4. The van der Waals surface area contributed by atoms with Crippen LogP contribution >= 0.6 is 0 Å². The first kappa shape index (κ1) is 18.1. The summed E-state index contributed by atoms with van der Waals surface area (Å²) in [5, 5.41) is 6.64. The smallest absolute Gasteiger partial charge is 0.343 e. The minimum absolute atomic E-state index is 0.0571. The fraction of sp³-hybridized carbons (Fsp3) is 0.824. The lowest BCUT2D eigenvalue weighted by molar-refractivity contribution is -0.138. The van der Waals surface area contributed by atoms with Crippen LogP contribution in [0.2, 0.25) is 0 Å². The Kier molecular flexibility index (Phi) is 6.25. The molecule has 3 rings (SSSR count). The number of nitrogens with zero attached hydrogens (tertiary/aromatic N) is 3. The number of carbonyl (C=O) groups excluding carboxylic acids is 1. The van der Waals surface area contributed by atoms with Crippen molar-refractivity contribution in [2.75, 3.05) is 32.9 Å². The summed E-state index contributed by atoms with van der Waals surface area (Å²) < 4.78 is 12.7. The Morgan fingerprint density at radius 3 is 2.84 bits per heavy atom. The van der Waals surface area contributed by atoms with E-state index < -0.39 is 0 Å². The molecule has 0 unspecified atom stereocenters. The van der Waals surface area contributed by atoms with Crippen LogP contribution in [0.25, 0.3) is 0 Å². The largest absolute Gasteiger partial charge is 0.376 e. The van der Waals surface area contributed by atoms with Crippen molar-refractivity contribution in [2.24, 2.45) is 5.92 Å². The zero-order valence-corrected chi connectivity index (χ0v) is 14.9. The van der Waals surface area contributed by atoms with Gasteiger partial charge in [0.05, 0.1) is 12.7 Å². The Morgan fingerprint density at radius 1 is 1.36 bits per heavy atom. The van der Waals surface area contributed by atoms with Gasteiger partial charge in [0.15, 0.2) is 0 Å². The number of aromatic amines is 1. The predicted molar refractivity (Wildman–Crippen MR) is 91.3 cm³/mol. The summed E-state index contributed by atoms with van der Waals surface area (Å²) in [5.41, 5.74) is -0.145. The number of hydrogen-bond donors (Lipinski definition) is 1. The first-order valence-corrected chi connectivity index (χ1v) is 9.28. The van der Waals surface area contributed by atoms with Gasteiger partial charge in [-0.1, -0.05) is 0 Å². The minimum atomic E-state index is -0.145. The zero-order valence-electron chi connectivity index (χ0n) is 14.9. The molecule has 0 aliphatic carbocycles. The maximum atomic E-state index is 12.2. The first-order chi connectivity index (χ1) is 12.2. The average molecular weight is 352 g/mol. The Bertz CT molecular complexity index is 612. The van der Waals surface area contributed by atoms with E-state index in [0.29, 0.717) is 19.1 Å². The molecule has 0 bridgehead atoms. The van der Waals surface area contributed by atoms with E-state index in [0.717, 1.165) is 57.6 Å². The minimum Gasteiger partial charge on any atom is -0.376 e. The van der Waals surface area contributed by atoms with Crippen LogP contribution in [-0.2, 0) is 27.2 Å². The molecular weight excluding hydrogens is 324 g/mol. The van der Waals surface area contributed by atoms with Gasteiger partial charge in [-0.25, -0.2) is 9.89 Å². The molecule has 1 amide bonds. The normalized spacial score (nSPS) is 21.8. The molecule has 1 aromatic heterocycles. The molecule has 25 heavy (non-hydrogen) atoms. The van der Waals surface area contributed by atoms with Crippen LogP contribution in [0.1, 0.15) is 38.4 Å². The van der Waals surface area contributed by atoms with Crippen LogP contribution in [0.15, 0.2) is 4.79 Å². The predicted octanol–water partition coefficient (Wildman–Crippen LogP) is 0.568. The number of H-pyrrole nitrogens is 1. The maximum absolute atomic E-state index is 12.2. The van der Waals surface area contributed by atoms with Gasteiger partial charge in [-0.3, -0.25) is 9.36 Å². The highest BCUT2D eigenvalue weighted by Gasteiger charge is 2.25. The third kappa shape index (κ3) is 4.70. The molecule has 0 aromatic carbocycles. The van der Waals surface area contributed by atoms with Crippen molar-refractivity contribution in [1.29, 1.82) is 0 Å². The van der Waals surface area contributed by atoms with Gasteiger partial charge in [0.25, 0.3) is 0 Å². The molecule has 0 radical (unpaired) electrons. The molecule has 3 heterocycles. The maximum Gasteiger partial charge on any atom is 0.343 e. The van der Waals surface area contributed by atoms with Gasteiger partial charge < -0.3 is 14.4 Å². The molecule has 2 saturated heterocycles. The number of nitrogens with one attached hydrogen (secondary N) is 1. The topological polar surface area (TPSA) is 89.4 Å². The summed E-state index contributed by atoms with van der Waals surface area (Å²) in [6.45, 7) is 5.51. The second-order valence-corrected chi connectivity index (χ2v) is 6.87. The van der Waals surface area contributed by atoms with Crippen molar-refractivity contribution in [3.8, 4) is 0 Å². The Hall–Kier alpha value is -1.67. The van der Waals surface area contributed by atoms with E-state index in [2.05, 4.69) is 10.2 Å². The molecule has 8 nitrogen and oxygen atoms in total. The summed E-state index contributed by atoms with van der Waals surface area (Å²) in [6.07, 6.45) is 4.91. The van der Waals surface area contributed by atoms with Crippen molar-refractivity contribution in [3.63, 3.8) is 0 Å². The Labute approximate surface area is 147 Å². The fourth-order valence-corrected chi connectivity index (χ4v) is 3.62. The quantitative estimate of drug-likeness (QED) is 0.775. The Morgan fingerprint density at radius 2 is 2.16 bits per heavy atom. The van der Waals surface area contributed by atoms with Gasteiger partial charge in [-0.2, -0.15) is 5.10 Å². The van der Waals surface area contributed by atoms with Crippen molar-refractivity contribution in [1.82, 2.24) is 19.7 Å². The van der Waals surface area contributed by atoms with Crippen LogP contribution in [0.4, 0.5) is 0 Å². The number of carbonyl (C=O) groups is 1. The second-order valence-electron chi connectivity index (χ2n) is 6.87. The van der Waals surface area contributed by atoms with Crippen molar-refractivity contribution in [3.05, 3.63) is 16.3 Å². The number of aromatic nitrogens is 3. The van der Waals surface area contributed by atoms with E-state index in [1.54, 1.807) is 4.57 Å². The van der Waals surface area contributed by atoms with E-state index in [1.165, 1.54) is 0 Å². The Balaban J connectivity index is 1.38. The SMILES string of the molecule is CCn1c(CC2CCN(C(=O)COC[C@H]3CCCO3)CC2)n[nH]c1=O. The van der Waals surface area contributed by atoms with E-state index in [4.69, 9.17) is 9.47 Å². The molecule has 2 aliphatic heterocycles. The monoisotopic (exact) mass is 352 g/mol. The van der Waals surface area contributed by atoms with Gasteiger partial charge in [-0.15, -0.1) is 0 Å². The van der Waals surface area contributed by atoms with Crippen LogP contribution < -0.4 is 5.69 Å². The van der Waals surface area contributed by atoms with E-state index in [-0.39, 0.29) is 24.3 Å². The lowest BCUT2D eigenvalue weighted by Crippen LogP contribution is -2.41. The highest BCUT2D eigenvalue weighted by molar-refractivity contribution is 5.77. The highest BCUT2D eigenvalue weighted by Crippen LogP contribution is 2.21. The molecule has 0 saturated carbocycles. The number of likely N-dealkylation sites (tertiary alicyclic amines) is 1. The number of piperidine rings is 1. The molecule has 0 spiro atoms. The van der Waals surface area contributed by atoms with E-state index in [1.807, 2.05) is 11.8 Å². The van der Waals surface area contributed by atoms with Crippen molar-refractivity contribution in [2.45, 2.75) is 51.7 Å². The summed E-state index contributed by atoms with van der Waals surface area (Å²) in [6, 6.07) is 0. The molecule has 1 N–H and O–H groups in total. The van der Waals surface area contributed by atoms with Crippen LogP contribution in [0.5, 0.6) is 0 Å². The number of hydrogen-bond acceptors (Lipinski definition) is 5. The lowest BCUT2D eigenvalue weighted by Gasteiger charge is -2.31. The standard InChI is InChI=1S/C17H28N4O4/c1-2-21-15(18-19-17(21)23)10-13-5-7-20(8-6-13)16(22)12-24-11-14-4-3-9-25-14/h13-14H,2-12H2,1H3,(H,19,23)/t14-/m1/s1. The molecule has 1 atom stereocenters. The third-order valence-electron chi connectivity index (χ3n) is 5.15. The summed E-state index contributed by atoms with van der Waals surface area (Å²) in [4.78, 5) is 25.7. The van der Waals surface area contributed by atoms with Crippen molar-refractivity contribution < 1.29 is 14.3 Å². The lowest BCUT2D eigenvalue weighted by atomic mass is 9.93. The first-order valence-electron chi connectivity index (χ1n) is 9.28. The van der Waals surface area contributed by atoms with E-state index in [9.17, 15) is 9.59 Å². The van der Waals surface area contributed by atoms with Crippen molar-refractivity contribution >= 4 is 5.91 Å². The van der Waals surface area contributed by atoms with Gasteiger partial charge in [0, 0.05) is 32.7 Å². The summed E-state index contributed by atoms with van der Waals surface area (Å²) >= 11 is 0.